The molecule has 0 fully saturated rings. The maximum absolute atomic E-state index is 10.7. The number of nitrogens with two attached hydrogens (primary N) is 2. The second-order valence-electron chi connectivity index (χ2n) is 3.19. The van der Waals surface area contributed by atoms with Crippen LogP contribution in [-0.4, -0.2) is 16.6 Å². The molecule has 12 heavy (non-hydrogen) atoms. The van der Waals surface area contributed by atoms with Crippen LogP contribution in [0.4, 0.5) is 0 Å². The van der Waals surface area contributed by atoms with Gasteiger partial charge in [0, 0.05) is 5.70 Å². The van der Waals surface area contributed by atoms with E-state index in [9.17, 15) is 4.79 Å². The fraction of sp³-hybridized carbons (Fsp3) is 0.375. The van der Waals surface area contributed by atoms with Crippen LogP contribution in [0.25, 0.3) is 0 Å². The largest absolute Gasteiger partial charge is 0.481 e. The number of carboxylic acids is 1. The molecule has 0 aromatic heterocycles. The van der Waals surface area contributed by atoms with Crippen LogP contribution >= 0.6 is 0 Å². The first-order chi connectivity index (χ1) is 5.43. The summed E-state index contributed by atoms with van der Waals surface area (Å²) in [5.41, 5.74) is 10.8. The molecule has 0 amide bonds. The number of hydrogen-bond donors (Lipinski definition) is 3. The molecular weight excluding hydrogens is 156 g/mol. The number of carboxylic acid groups (broad SMARTS) is 1. The van der Waals surface area contributed by atoms with Gasteiger partial charge in [-0.25, -0.2) is 0 Å². The molecule has 5 N–H and O–H groups in total. The third-order valence-corrected chi connectivity index (χ3v) is 1.89. The van der Waals surface area contributed by atoms with Crippen molar-refractivity contribution in [3.05, 3.63) is 23.9 Å². The van der Waals surface area contributed by atoms with E-state index in [1.165, 1.54) is 6.08 Å². The summed E-state index contributed by atoms with van der Waals surface area (Å²) in [5.74, 6) is -1.62. The molecule has 4 heteroatoms. The summed E-state index contributed by atoms with van der Waals surface area (Å²) in [6.07, 6.45) is 4.64. The van der Waals surface area contributed by atoms with Crippen molar-refractivity contribution in [1.29, 1.82) is 0 Å². The van der Waals surface area contributed by atoms with Crippen molar-refractivity contribution < 1.29 is 9.90 Å². The highest BCUT2D eigenvalue weighted by molar-refractivity contribution is 5.75. The second-order valence-corrected chi connectivity index (χ2v) is 3.19. The van der Waals surface area contributed by atoms with E-state index in [1.807, 2.05) is 0 Å². The van der Waals surface area contributed by atoms with E-state index in [0.717, 1.165) is 0 Å². The second kappa shape index (κ2) is 2.64. The molecule has 0 aromatic carbocycles. The Bertz CT molecular complexity index is 266. The molecule has 1 aliphatic rings. The van der Waals surface area contributed by atoms with Gasteiger partial charge < -0.3 is 16.6 Å². The molecule has 1 rings (SSSR count). The molecule has 0 saturated heterocycles. The first-order valence-corrected chi connectivity index (χ1v) is 3.62. The van der Waals surface area contributed by atoms with Crippen LogP contribution in [0.5, 0.6) is 0 Å². The highest BCUT2D eigenvalue weighted by atomic mass is 16.4. The van der Waals surface area contributed by atoms with Gasteiger partial charge in [0.15, 0.2) is 0 Å². The van der Waals surface area contributed by atoms with E-state index in [1.54, 1.807) is 19.1 Å². The van der Waals surface area contributed by atoms with Crippen molar-refractivity contribution in [2.45, 2.75) is 12.5 Å². The van der Waals surface area contributed by atoms with Gasteiger partial charge in [0.25, 0.3) is 0 Å². The first kappa shape index (κ1) is 8.80. The summed E-state index contributed by atoms with van der Waals surface area (Å²) in [6, 6.07) is 0. The van der Waals surface area contributed by atoms with E-state index in [0.29, 0.717) is 5.70 Å². The fourth-order valence-corrected chi connectivity index (χ4v) is 1.26. The van der Waals surface area contributed by atoms with Gasteiger partial charge in [0.05, 0.1) is 11.5 Å². The van der Waals surface area contributed by atoms with Crippen LogP contribution in [0.15, 0.2) is 23.9 Å². The SMILES string of the molecule is CC1(N)C=C(N)C=CC1C(=O)O. The number of aliphatic carboxylic acids is 1. The lowest BCUT2D eigenvalue weighted by Crippen LogP contribution is -2.47. The minimum atomic E-state index is -0.931. The van der Waals surface area contributed by atoms with Crippen molar-refractivity contribution in [2.24, 2.45) is 17.4 Å². The molecule has 2 atom stereocenters. The van der Waals surface area contributed by atoms with Crippen molar-refractivity contribution in [3.63, 3.8) is 0 Å². The lowest BCUT2D eigenvalue weighted by Gasteiger charge is -2.28. The summed E-state index contributed by atoms with van der Waals surface area (Å²) in [7, 11) is 0. The van der Waals surface area contributed by atoms with Gasteiger partial charge in [-0.3, -0.25) is 4.79 Å². The van der Waals surface area contributed by atoms with Crippen molar-refractivity contribution in [2.75, 3.05) is 0 Å². The van der Waals surface area contributed by atoms with Crippen molar-refractivity contribution >= 4 is 5.97 Å². The maximum atomic E-state index is 10.7. The van der Waals surface area contributed by atoms with Crippen LogP contribution < -0.4 is 11.5 Å². The highest BCUT2D eigenvalue weighted by Crippen LogP contribution is 2.23. The highest BCUT2D eigenvalue weighted by Gasteiger charge is 2.33. The number of allylic oxidation sites excluding steroid dienone is 1. The fourth-order valence-electron chi connectivity index (χ4n) is 1.26. The molecule has 0 saturated carbocycles. The van der Waals surface area contributed by atoms with Gasteiger partial charge >= 0.3 is 5.97 Å². The molecular formula is C8H12N2O2. The summed E-state index contributed by atoms with van der Waals surface area (Å²) in [6.45, 7) is 1.64. The molecule has 0 radical (unpaired) electrons. The predicted octanol–water partition coefficient (Wildman–Crippen LogP) is -0.183. The molecule has 0 aliphatic heterocycles. The normalized spacial score (nSPS) is 34.5. The Balaban J connectivity index is 2.96. The molecule has 0 heterocycles. The zero-order valence-electron chi connectivity index (χ0n) is 6.82. The molecule has 66 valence electrons. The summed E-state index contributed by atoms with van der Waals surface area (Å²) in [5, 5.41) is 8.76. The monoisotopic (exact) mass is 168 g/mol. The van der Waals surface area contributed by atoms with Crippen LogP contribution in [0.2, 0.25) is 0 Å². The zero-order chi connectivity index (χ0) is 9.35. The van der Waals surface area contributed by atoms with Gasteiger partial charge in [-0.1, -0.05) is 6.08 Å². The number of carbonyl (C=O) groups is 1. The molecule has 0 bridgehead atoms. The van der Waals surface area contributed by atoms with E-state index in [4.69, 9.17) is 16.6 Å². The van der Waals surface area contributed by atoms with Crippen LogP contribution in [-0.2, 0) is 4.79 Å². The standard InChI is InChI=1S/C8H12N2O2/c1-8(10)4-5(9)2-3-6(8)7(11)12/h2-4,6H,9-10H2,1H3,(H,11,12). The summed E-state index contributed by atoms with van der Waals surface area (Å²) in [4.78, 5) is 10.7. The Morgan fingerprint density at radius 1 is 1.75 bits per heavy atom. The summed E-state index contributed by atoms with van der Waals surface area (Å²) >= 11 is 0. The van der Waals surface area contributed by atoms with E-state index in [2.05, 4.69) is 0 Å². The molecule has 1 aliphatic carbocycles. The molecule has 2 unspecified atom stereocenters. The minimum Gasteiger partial charge on any atom is -0.481 e. The first-order valence-electron chi connectivity index (χ1n) is 3.62. The van der Waals surface area contributed by atoms with Crippen LogP contribution in [0.3, 0.4) is 0 Å². The minimum absolute atomic E-state index is 0.512. The van der Waals surface area contributed by atoms with Gasteiger partial charge in [-0.05, 0) is 19.1 Å². The Hall–Kier alpha value is -1.29. The van der Waals surface area contributed by atoms with Crippen LogP contribution in [0.1, 0.15) is 6.92 Å². The third kappa shape index (κ3) is 1.48. The van der Waals surface area contributed by atoms with Gasteiger partial charge in [0.1, 0.15) is 0 Å². The lowest BCUT2D eigenvalue weighted by molar-refractivity contribution is -0.141. The maximum Gasteiger partial charge on any atom is 0.312 e. The van der Waals surface area contributed by atoms with Gasteiger partial charge in [0.2, 0.25) is 0 Å². The lowest BCUT2D eigenvalue weighted by atomic mass is 9.82. The van der Waals surface area contributed by atoms with Crippen molar-refractivity contribution in [1.82, 2.24) is 0 Å². The average Bonchev–Trinajstić information content (AvgIpc) is 1.82. The van der Waals surface area contributed by atoms with Gasteiger partial charge in [-0.2, -0.15) is 0 Å². The third-order valence-electron chi connectivity index (χ3n) is 1.89. The summed E-state index contributed by atoms with van der Waals surface area (Å²) < 4.78 is 0. The zero-order valence-corrected chi connectivity index (χ0v) is 6.82. The van der Waals surface area contributed by atoms with E-state index in [-0.39, 0.29) is 0 Å². The molecule has 0 spiro atoms. The Kier molecular flexibility index (Phi) is 1.94. The van der Waals surface area contributed by atoms with E-state index < -0.39 is 17.4 Å². The topological polar surface area (TPSA) is 89.3 Å². The smallest absolute Gasteiger partial charge is 0.312 e. The number of hydrogen-bond acceptors (Lipinski definition) is 3. The Morgan fingerprint density at radius 2 is 2.33 bits per heavy atom. The quantitative estimate of drug-likeness (QED) is 0.506. The number of rotatable bonds is 1. The molecule has 0 aromatic rings. The Morgan fingerprint density at radius 3 is 2.75 bits per heavy atom. The van der Waals surface area contributed by atoms with Crippen molar-refractivity contribution in [3.8, 4) is 0 Å². The average molecular weight is 168 g/mol. The van der Waals surface area contributed by atoms with Gasteiger partial charge in [-0.15, -0.1) is 0 Å². The molecule has 4 nitrogen and oxygen atoms in total. The predicted molar refractivity (Wildman–Crippen MR) is 45.1 cm³/mol. The van der Waals surface area contributed by atoms with Crippen LogP contribution in [0, 0.1) is 5.92 Å². The van der Waals surface area contributed by atoms with E-state index >= 15 is 0 Å². The Labute approximate surface area is 70.5 Å².